The number of hydrazine groups is 2. The van der Waals surface area contributed by atoms with Crippen LogP contribution in [0.15, 0.2) is 0 Å². The van der Waals surface area contributed by atoms with Crippen LogP contribution in [0.25, 0.3) is 0 Å². The van der Waals surface area contributed by atoms with Crippen molar-refractivity contribution in [3.05, 3.63) is 0 Å². The molecule has 20 heavy (non-hydrogen) atoms. The van der Waals surface area contributed by atoms with Gasteiger partial charge < -0.3 is 5.11 Å². The summed E-state index contributed by atoms with van der Waals surface area (Å²) in [7, 11) is 0. The molecule has 118 valence electrons. The Hall–Kier alpha value is -1.18. The lowest BCUT2D eigenvalue weighted by atomic mass is 9.93. The third-order valence-corrected chi connectivity index (χ3v) is 3.34. The molecule has 0 aliphatic carbocycles. The fourth-order valence-electron chi connectivity index (χ4n) is 2.10. The van der Waals surface area contributed by atoms with Crippen LogP contribution in [0.2, 0.25) is 0 Å². The average Bonchev–Trinajstić information content (AvgIpc) is 2.46. The molecule has 0 saturated carbocycles. The van der Waals surface area contributed by atoms with Gasteiger partial charge >= 0.3 is 0 Å². The quantitative estimate of drug-likeness (QED) is 0.159. The Morgan fingerprint density at radius 2 is 1.80 bits per heavy atom. The lowest BCUT2D eigenvalue weighted by Gasteiger charge is -2.18. The van der Waals surface area contributed by atoms with Crippen LogP contribution in [-0.2, 0) is 9.59 Å². The Balaban J connectivity index is 4.13. The van der Waals surface area contributed by atoms with E-state index in [-0.39, 0.29) is 18.2 Å². The Bertz CT molecular complexity index is 287. The van der Waals surface area contributed by atoms with E-state index in [1.54, 1.807) is 0 Å². The summed E-state index contributed by atoms with van der Waals surface area (Å²) in [5, 5.41) is 9.94. The normalized spacial score (nSPS) is 13.6. The fourth-order valence-corrected chi connectivity index (χ4v) is 2.10. The molecule has 0 aliphatic rings. The molecule has 0 saturated heterocycles. The highest BCUT2D eigenvalue weighted by molar-refractivity contribution is 5.80. The highest BCUT2D eigenvalue weighted by Gasteiger charge is 2.22. The van der Waals surface area contributed by atoms with Crippen LogP contribution in [0.4, 0.5) is 0 Å². The first kappa shape index (κ1) is 18.8. The molecule has 0 fully saturated rings. The zero-order chi connectivity index (χ0) is 15.4. The number of carbonyl (C=O) groups is 2. The van der Waals surface area contributed by atoms with Crippen molar-refractivity contribution in [3.63, 3.8) is 0 Å². The SMILES string of the molecule is CCCCCC[C@@H](O)C[C@H](CCC(=O)NN)C(=O)NN. The molecule has 0 radical (unpaired) electrons. The van der Waals surface area contributed by atoms with E-state index in [9.17, 15) is 14.7 Å². The van der Waals surface area contributed by atoms with Gasteiger partial charge in [-0.25, -0.2) is 11.7 Å². The van der Waals surface area contributed by atoms with Crippen molar-refractivity contribution in [1.82, 2.24) is 10.9 Å². The van der Waals surface area contributed by atoms with Gasteiger partial charge in [-0.2, -0.15) is 0 Å². The minimum atomic E-state index is -0.546. The van der Waals surface area contributed by atoms with Gasteiger partial charge in [0, 0.05) is 12.3 Å². The van der Waals surface area contributed by atoms with E-state index in [0.717, 1.165) is 25.7 Å². The monoisotopic (exact) mass is 288 g/mol. The number of hydrogen-bond acceptors (Lipinski definition) is 5. The number of nitrogens with one attached hydrogen (secondary N) is 2. The molecule has 0 heterocycles. The van der Waals surface area contributed by atoms with E-state index in [0.29, 0.717) is 19.3 Å². The minimum Gasteiger partial charge on any atom is -0.393 e. The molecule has 0 rings (SSSR count). The van der Waals surface area contributed by atoms with Crippen LogP contribution >= 0.6 is 0 Å². The summed E-state index contributed by atoms with van der Waals surface area (Å²) in [6.07, 6.45) is 5.19. The zero-order valence-corrected chi connectivity index (χ0v) is 12.2. The lowest BCUT2D eigenvalue weighted by molar-refractivity contribution is -0.127. The number of rotatable bonds is 11. The van der Waals surface area contributed by atoms with Crippen molar-refractivity contribution in [2.24, 2.45) is 17.6 Å². The highest BCUT2D eigenvalue weighted by atomic mass is 16.3. The standard InChI is InChI=1S/C13H28N4O3/c1-2-3-4-5-6-11(18)9-10(13(20)17-15)7-8-12(19)16-14/h10-11,18H,2-9,14-15H2,1H3,(H,16,19)(H,17,20)/t10-,11+/m0/s1. The Kier molecular flexibility index (Phi) is 10.9. The first-order valence-corrected chi connectivity index (χ1v) is 7.23. The molecule has 2 atom stereocenters. The number of unbranched alkanes of at least 4 members (excludes halogenated alkanes) is 3. The van der Waals surface area contributed by atoms with E-state index in [1.807, 2.05) is 5.43 Å². The maximum Gasteiger partial charge on any atom is 0.237 e. The minimum absolute atomic E-state index is 0.136. The van der Waals surface area contributed by atoms with E-state index < -0.39 is 12.0 Å². The molecular weight excluding hydrogens is 260 g/mol. The predicted molar refractivity (Wildman–Crippen MR) is 76.8 cm³/mol. The van der Waals surface area contributed by atoms with Gasteiger partial charge in [0.15, 0.2) is 0 Å². The summed E-state index contributed by atoms with van der Waals surface area (Å²) in [6, 6.07) is 0. The first-order valence-electron chi connectivity index (χ1n) is 7.23. The zero-order valence-electron chi connectivity index (χ0n) is 12.2. The van der Waals surface area contributed by atoms with E-state index in [4.69, 9.17) is 11.7 Å². The number of aliphatic hydroxyl groups is 1. The molecule has 0 aromatic rings. The van der Waals surface area contributed by atoms with Crippen LogP contribution < -0.4 is 22.5 Å². The van der Waals surface area contributed by atoms with Crippen LogP contribution in [0.5, 0.6) is 0 Å². The number of hydrogen-bond donors (Lipinski definition) is 5. The number of nitrogens with two attached hydrogens (primary N) is 2. The Morgan fingerprint density at radius 3 is 2.35 bits per heavy atom. The van der Waals surface area contributed by atoms with Crippen LogP contribution in [-0.4, -0.2) is 23.0 Å². The maximum absolute atomic E-state index is 11.6. The fraction of sp³-hybridized carbons (Fsp3) is 0.846. The van der Waals surface area contributed by atoms with Crippen molar-refractivity contribution in [3.8, 4) is 0 Å². The molecule has 0 unspecified atom stereocenters. The second-order valence-corrected chi connectivity index (χ2v) is 5.05. The smallest absolute Gasteiger partial charge is 0.237 e. The molecule has 7 heteroatoms. The van der Waals surface area contributed by atoms with Crippen LogP contribution in [0.1, 0.15) is 58.3 Å². The first-order chi connectivity index (χ1) is 9.54. The van der Waals surface area contributed by atoms with Gasteiger partial charge in [0.2, 0.25) is 11.8 Å². The Labute approximate surface area is 120 Å². The molecule has 0 aliphatic heterocycles. The number of aliphatic hydroxyl groups excluding tert-OH is 1. The second kappa shape index (κ2) is 11.6. The van der Waals surface area contributed by atoms with Crippen LogP contribution in [0, 0.1) is 5.92 Å². The van der Waals surface area contributed by atoms with Crippen molar-refractivity contribution < 1.29 is 14.7 Å². The van der Waals surface area contributed by atoms with Gasteiger partial charge in [-0.3, -0.25) is 20.4 Å². The van der Waals surface area contributed by atoms with E-state index in [1.165, 1.54) is 0 Å². The van der Waals surface area contributed by atoms with Gasteiger partial charge in [-0.15, -0.1) is 0 Å². The molecule has 7 nitrogen and oxygen atoms in total. The summed E-state index contributed by atoms with van der Waals surface area (Å²) in [5.41, 5.74) is 4.09. The summed E-state index contributed by atoms with van der Waals surface area (Å²) >= 11 is 0. The highest BCUT2D eigenvalue weighted by Crippen LogP contribution is 2.17. The maximum atomic E-state index is 11.6. The van der Waals surface area contributed by atoms with Gasteiger partial charge in [0.05, 0.1) is 6.10 Å². The molecule has 0 spiro atoms. The van der Waals surface area contributed by atoms with Crippen LogP contribution in [0.3, 0.4) is 0 Å². The largest absolute Gasteiger partial charge is 0.393 e. The van der Waals surface area contributed by atoms with E-state index >= 15 is 0 Å². The van der Waals surface area contributed by atoms with Crippen molar-refractivity contribution in [1.29, 1.82) is 0 Å². The Morgan fingerprint density at radius 1 is 1.10 bits per heavy atom. The molecule has 0 aromatic carbocycles. The van der Waals surface area contributed by atoms with E-state index in [2.05, 4.69) is 12.3 Å². The van der Waals surface area contributed by atoms with Gasteiger partial charge in [-0.05, 0) is 19.3 Å². The predicted octanol–water partition coefficient (Wildman–Crippen LogP) is 0.0840. The van der Waals surface area contributed by atoms with Crippen molar-refractivity contribution >= 4 is 11.8 Å². The summed E-state index contributed by atoms with van der Waals surface area (Å²) in [6.45, 7) is 2.13. The topological polar surface area (TPSA) is 130 Å². The molecule has 0 aromatic heterocycles. The summed E-state index contributed by atoms with van der Waals surface area (Å²) in [5.74, 6) is 8.94. The molecule has 0 bridgehead atoms. The van der Waals surface area contributed by atoms with Gasteiger partial charge in [0.1, 0.15) is 0 Å². The molecular formula is C13H28N4O3. The number of carbonyl (C=O) groups excluding carboxylic acids is 2. The third-order valence-electron chi connectivity index (χ3n) is 3.34. The number of amides is 2. The van der Waals surface area contributed by atoms with Gasteiger partial charge in [0.25, 0.3) is 0 Å². The van der Waals surface area contributed by atoms with Crippen molar-refractivity contribution in [2.75, 3.05) is 0 Å². The summed E-state index contributed by atoms with van der Waals surface area (Å²) in [4.78, 5) is 22.7. The third kappa shape index (κ3) is 8.84. The second-order valence-electron chi connectivity index (χ2n) is 5.05. The van der Waals surface area contributed by atoms with Gasteiger partial charge in [-0.1, -0.05) is 32.6 Å². The average molecular weight is 288 g/mol. The summed E-state index contributed by atoms with van der Waals surface area (Å²) < 4.78 is 0. The molecule has 7 N–H and O–H groups in total. The molecule has 2 amide bonds. The van der Waals surface area contributed by atoms with Crippen molar-refractivity contribution in [2.45, 2.75) is 64.4 Å². The lowest BCUT2D eigenvalue weighted by Crippen LogP contribution is -2.38.